The molecule has 0 bridgehead atoms. The van der Waals surface area contributed by atoms with Gasteiger partial charge < -0.3 is 4.57 Å². The summed E-state index contributed by atoms with van der Waals surface area (Å²) in [6, 6.07) is 16.9. The number of carbonyl (C=O) groups excluding carboxylic acids is 1. The van der Waals surface area contributed by atoms with Gasteiger partial charge in [-0.2, -0.15) is 0 Å². The molecule has 0 aliphatic heterocycles. The highest BCUT2D eigenvalue weighted by Gasteiger charge is 2.18. The van der Waals surface area contributed by atoms with Crippen LogP contribution in [0.1, 0.15) is 27.3 Å². The van der Waals surface area contributed by atoms with Gasteiger partial charge in [-0.15, -0.1) is 0 Å². The number of carbonyl (C=O) groups is 1. The number of thioether (sulfide) groups is 1. The van der Waals surface area contributed by atoms with E-state index in [-0.39, 0.29) is 17.1 Å². The van der Waals surface area contributed by atoms with E-state index in [9.17, 15) is 9.59 Å². The molecule has 0 atom stereocenters. The van der Waals surface area contributed by atoms with Gasteiger partial charge in [-0.1, -0.05) is 53.7 Å². The summed E-state index contributed by atoms with van der Waals surface area (Å²) in [5, 5.41) is 1.81. The number of hydrogen-bond donors (Lipinski definition) is 0. The van der Waals surface area contributed by atoms with Crippen molar-refractivity contribution in [1.82, 2.24) is 14.1 Å². The van der Waals surface area contributed by atoms with Gasteiger partial charge in [0.1, 0.15) is 0 Å². The highest BCUT2D eigenvalue weighted by molar-refractivity contribution is 7.99. The molecule has 7 heteroatoms. The van der Waals surface area contributed by atoms with E-state index in [4.69, 9.17) is 11.6 Å². The van der Waals surface area contributed by atoms with E-state index in [0.29, 0.717) is 33.2 Å². The largest absolute Gasteiger partial charge is 0.344 e. The van der Waals surface area contributed by atoms with Crippen LogP contribution in [0.4, 0.5) is 0 Å². The lowest BCUT2D eigenvalue weighted by Gasteiger charge is -2.11. The average molecular weight is 452 g/mol. The van der Waals surface area contributed by atoms with Crippen LogP contribution in [0.5, 0.6) is 0 Å². The molecule has 0 N–H and O–H groups in total. The van der Waals surface area contributed by atoms with Crippen molar-refractivity contribution < 1.29 is 4.79 Å². The Morgan fingerprint density at radius 2 is 1.81 bits per heavy atom. The van der Waals surface area contributed by atoms with Crippen LogP contribution >= 0.6 is 23.4 Å². The van der Waals surface area contributed by atoms with Crippen molar-refractivity contribution in [3.63, 3.8) is 0 Å². The van der Waals surface area contributed by atoms with Crippen molar-refractivity contribution >= 4 is 40.0 Å². The van der Waals surface area contributed by atoms with Gasteiger partial charge in [0.05, 0.1) is 16.7 Å². The third-order valence-corrected chi connectivity index (χ3v) is 6.83. The molecule has 0 radical (unpaired) electrons. The molecular weight excluding hydrogens is 430 g/mol. The maximum atomic E-state index is 13.0. The molecular formula is C24H22ClN3O2S. The van der Waals surface area contributed by atoms with E-state index in [1.165, 1.54) is 16.3 Å². The molecule has 0 unspecified atom stereocenters. The standard InChI is InChI=1S/C24H22ClN3O2S/c1-15-12-19(16(2)28(15)13-17-8-4-6-10-20(17)25)22(29)14-31-24-26-21-11-7-5-9-18(21)23(30)27(24)3/h4-12H,13-14H2,1-3H3. The third kappa shape index (κ3) is 4.18. The summed E-state index contributed by atoms with van der Waals surface area (Å²) in [7, 11) is 1.68. The number of halogens is 1. The van der Waals surface area contributed by atoms with E-state index in [0.717, 1.165) is 17.0 Å². The molecule has 0 spiro atoms. The van der Waals surface area contributed by atoms with Gasteiger partial charge in [0.2, 0.25) is 0 Å². The van der Waals surface area contributed by atoms with Gasteiger partial charge in [-0.3, -0.25) is 14.2 Å². The van der Waals surface area contributed by atoms with Crippen molar-refractivity contribution in [2.45, 2.75) is 25.5 Å². The first-order chi connectivity index (χ1) is 14.9. The number of para-hydroxylation sites is 1. The second-order valence-electron chi connectivity index (χ2n) is 7.45. The summed E-state index contributed by atoms with van der Waals surface area (Å²) in [6.07, 6.45) is 0. The van der Waals surface area contributed by atoms with Crippen LogP contribution in [0.3, 0.4) is 0 Å². The minimum absolute atomic E-state index is 0.00548. The topological polar surface area (TPSA) is 56.9 Å². The molecule has 0 saturated carbocycles. The predicted molar refractivity (Wildman–Crippen MR) is 126 cm³/mol. The quantitative estimate of drug-likeness (QED) is 0.234. The van der Waals surface area contributed by atoms with Crippen LogP contribution in [-0.4, -0.2) is 25.7 Å². The molecule has 158 valence electrons. The summed E-state index contributed by atoms with van der Waals surface area (Å²) in [6.45, 7) is 4.55. The van der Waals surface area contributed by atoms with Crippen LogP contribution in [0.2, 0.25) is 5.02 Å². The first kappa shape index (κ1) is 21.4. The maximum absolute atomic E-state index is 13.0. The molecule has 0 amide bonds. The minimum atomic E-state index is -0.113. The molecule has 2 aromatic heterocycles. The van der Waals surface area contributed by atoms with Crippen molar-refractivity contribution in [3.8, 4) is 0 Å². The summed E-state index contributed by atoms with van der Waals surface area (Å²) < 4.78 is 3.60. The lowest BCUT2D eigenvalue weighted by atomic mass is 10.2. The number of Topliss-reactive ketones (excluding diaryl/α,β-unsaturated/α-hetero) is 1. The van der Waals surface area contributed by atoms with Crippen molar-refractivity contribution in [3.05, 3.63) is 92.5 Å². The van der Waals surface area contributed by atoms with E-state index in [2.05, 4.69) is 9.55 Å². The smallest absolute Gasteiger partial charge is 0.261 e. The van der Waals surface area contributed by atoms with Crippen LogP contribution in [0.15, 0.2) is 64.5 Å². The monoisotopic (exact) mass is 451 g/mol. The molecule has 0 aliphatic rings. The zero-order chi connectivity index (χ0) is 22.1. The van der Waals surface area contributed by atoms with E-state index in [1.54, 1.807) is 13.1 Å². The molecule has 4 aromatic rings. The highest BCUT2D eigenvalue weighted by atomic mass is 35.5. The van der Waals surface area contributed by atoms with E-state index < -0.39 is 0 Å². The van der Waals surface area contributed by atoms with Gasteiger partial charge in [0.25, 0.3) is 5.56 Å². The number of aryl methyl sites for hydroxylation is 1. The third-order valence-electron chi connectivity index (χ3n) is 5.43. The van der Waals surface area contributed by atoms with Crippen LogP contribution in [0.25, 0.3) is 10.9 Å². The zero-order valence-corrected chi connectivity index (χ0v) is 19.1. The van der Waals surface area contributed by atoms with Gasteiger partial charge in [0.15, 0.2) is 10.9 Å². The molecule has 5 nitrogen and oxygen atoms in total. The van der Waals surface area contributed by atoms with Crippen molar-refractivity contribution in [2.75, 3.05) is 5.75 Å². The van der Waals surface area contributed by atoms with Crippen LogP contribution in [-0.2, 0) is 13.6 Å². The Labute approximate surface area is 189 Å². The van der Waals surface area contributed by atoms with Gasteiger partial charge in [-0.25, -0.2) is 4.98 Å². The first-order valence-electron chi connectivity index (χ1n) is 9.88. The van der Waals surface area contributed by atoms with E-state index >= 15 is 0 Å². The molecule has 31 heavy (non-hydrogen) atoms. The van der Waals surface area contributed by atoms with Crippen molar-refractivity contribution in [1.29, 1.82) is 0 Å². The Morgan fingerprint density at radius 1 is 1.10 bits per heavy atom. The normalized spacial score (nSPS) is 11.2. The first-order valence-corrected chi connectivity index (χ1v) is 11.2. The number of benzene rings is 2. The Hall–Kier alpha value is -2.83. The SMILES string of the molecule is Cc1cc(C(=O)CSc2nc3ccccc3c(=O)n2C)c(C)n1Cc1ccccc1Cl. The Bertz CT molecular complexity index is 1360. The number of hydrogen-bond acceptors (Lipinski definition) is 4. The van der Waals surface area contributed by atoms with E-state index in [1.807, 2.05) is 62.4 Å². The lowest BCUT2D eigenvalue weighted by Crippen LogP contribution is -2.20. The molecule has 0 fully saturated rings. The second kappa shape index (κ2) is 8.73. The predicted octanol–water partition coefficient (Wildman–Crippen LogP) is 5.03. The summed E-state index contributed by atoms with van der Waals surface area (Å²) in [5.41, 5.74) is 4.12. The fourth-order valence-electron chi connectivity index (χ4n) is 3.66. The number of aromatic nitrogens is 3. The molecule has 4 rings (SSSR count). The number of rotatable bonds is 6. The molecule has 0 saturated heterocycles. The summed E-state index contributed by atoms with van der Waals surface area (Å²) in [5.74, 6) is 0.209. The minimum Gasteiger partial charge on any atom is -0.344 e. The molecule has 2 aromatic carbocycles. The second-order valence-corrected chi connectivity index (χ2v) is 8.80. The van der Waals surface area contributed by atoms with Gasteiger partial charge in [-0.05, 0) is 43.7 Å². The van der Waals surface area contributed by atoms with Crippen molar-refractivity contribution in [2.24, 2.45) is 7.05 Å². The van der Waals surface area contributed by atoms with Crippen LogP contribution < -0.4 is 5.56 Å². The Kier molecular flexibility index (Phi) is 6.03. The Balaban J connectivity index is 1.56. The number of nitrogens with zero attached hydrogens (tertiary/aromatic N) is 3. The molecule has 0 aliphatic carbocycles. The number of fused-ring (bicyclic) bond motifs is 1. The van der Waals surface area contributed by atoms with Gasteiger partial charge in [0, 0.05) is 35.6 Å². The highest BCUT2D eigenvalue weighted by Crippen LogP contribution is 2.24. The fraction of sp³-hybridized carbons (Fsp3) is 0.208. The summed E-state index contributed by atoms with van der Waals surface area (Å²) in [4.78, 5) is 30.2. The Morgan fingerprint density at radius 3 is 2.58 bits per heavy atom. The van der Waals surface area contributed by atoms with Gasteiger partial charge >= 0.3 is 0 Å². The number of ketones is 1. The van der Waals surface area contributed by atoms with Crippen LogP contribution in [0, 0.1) is 13.8 Å². The maximum Gasteiger partial charge on any atom is 0.261 e. The fourth-order valence-corrected chi connectivity index (χ4v) is 4.71. The zero-order valence-electron chi connectivity index (χ0n) is 17.6. The molecule has 2 heterocycles. The summed E-state index contributed by atoms with van der Waals surface area (Å²) >= 11 is 7.60. The lowest BCUT2D eigenvalue weighted by molar-refractivity contribution is 0.102. The average Bonchev–Trinajstić information content (AvgIpc) is 3.05.